The van der Waals surface area contributed by atoms with Gasteiger partial charge in [-0.3, -0.25) is 0 Å². The van der Waals surface area contributed by atoms with Gasteiger partial charge in [-0.1, -0.05) is 18.2 Å². The number of aromatic nitrogens is 2. The summed E-state index contributed by atoms with van der Waals surface area (Å²) in [6.07, 6.45) is 3.75. The maximum atomic E-state index is 13.2. The molecule has 0 saturated carbocycles. The van der Waals surface area contributed by atoms with E-state index in [-0.39, 0.29) is 5.82 Å². The number of hydrogen-bond acceptors (Lipinski definition) is 2. The van der Waals surface area contributed by atoms with Crippen molar-refractivity contribution in [2.24, 2.45) is 0 Å². The summed E-state index contributed by atoms with van der Waals surface area (Å²) in [7, 11) is 0. The predicted molar refractivity (Wildman–Crippen MR) is 85.0 cm³/mol. The van der Waals surface area contributed by atoms with Gasteiger partial charge in [-0.2, -0.15) is 5.10 Å². The minimum absolute atomic E-state index is 0.263. The molecule has 0 fully saturated rings. The minimum atomic E-state index is -0.263. The van der Waals surface area contributed by atoms with Crippen LogP contribution in [-0.4, -0.2) is 9.78 Å². The molecule has 0 aliphatic heterocycles. The molecule has 2 aromatic carbocycles. The second-order valence-corrected chi connectivity index (χ2v) is 5.46. The third-order valence-corrected chi connectivity index (χ3v) is 3.76. The van der Waals surface area contributed by atoms with Crippen LogP contribution in [0.2, 0.25) is 0 Å². The molecular formula is C16H13BrFN3. The van der Waals surface area contributed by atoms with Gasteiger partial charge in [0, 0.05) is 22.8 Å². The van der Waals surface area contributed by atoms with Gasteiger partial charge in [-0.15, -0.1) is 0 Å². The van der Waals surface area contributed by atoms with E-state index in [2.05, 4.69) is 26.3 Å². The zero-order chi connectivity index (χ0) is 14.7. The number of nitrogens with one attached hydrogen (secondary N) is 1. The Morgan fingerprint density at radius 2 is 1.95 bits per heavy atom. The molecule has 0 amide bonds. The molecule has 0 bridgehead atoms. The first kappa shape index (κ1) is 13.8. The molecule has 1 heterocycles. The van der Waals surface area contributed by atoms with Crippen LogP contribution in [0.25, 0.3) is 5.69 Å². The average molecular weight is 346 g/mol. The van der Waals surface area contributed by atoms with Crippen LogP contribution in [-0.2, 0) is 6.54 Å². The Labute approximate surface area is 130 Å². The molecule has 0 atom stereocenters. The van der Waals surface area contributed by atoms with Crippen LogP contribution in [0.4, 0.5) is 10.1 Å². The van der Waals surface area contributed by atoms with Gasteiger partial charge in [0.1, 0.15) is 5.82 Å². The Kier molecular flexibility index (Phi) is 4.01. The highest BCUT2D eigenvalue weighted by molar-refractivity contribution is 9.10. The van der Waals surface area contributed by atoms with E-state index in [9.17, 15) is 4.39 Å². The van der Waals surface area contributed by atoms with E-state index in [1.165, 1.54) is 12.1 Å². The van der Waals surface area contributed by atoms with Gasteiger partial charge in [0.05, 0.1) is 17.6 Å². The van der Waals surface area contributed by atoms with Gasteiger partial charge < -0.3 is 5.32 Å². The Morgan fingerprint density at radius 3 is 2.76 bits per heavy atom. The lowest BCUT2D eigenvalue weighted by Crippen LogP contribution is -1.99. The minimum Gasteiger partial charge on any atom is -0.380 e. The van der Waals surface area contributed by atoms with Gasteiger partial charge in [-0.25, -0.2) is 9.07 Å². The van der Waals surface area contributed by atoms with Gasteiger partial charge >= 0.3 is 0 Å². The van der Waals surface area contributed by atoms with Gasteiger partial charge in [-0.05, 0) is 46.3 Å². The average Bonchev–Trinajstić information content (AvgIpc) is 2.98. The maximum Gasteiger partial charge on any atom is 0.125 e. The highest BCUT2D eigenvalue weighted by Gasteiger charge is 2.04. The van der Waals surface area contributed by atoms with E-state index in [0.29, 0.717) is 6.54 Å². The molecule has 0 radical (unpaired) electrons. The topological polar surface area (TPSA) is 29.9 Å². The molecule has 5 heteroatoms. The van der Waals surface area contributed by atoms with Crippen molar-refractivity contribution in [1.82, 2.24) is 9.78 Å². The summed E-state index contributed by atoms with van der Waals surface area (Å²) in [5, 5.41) is 7.52. The molecule has 0 aliphatic rings. The first-order chi connectivity index (χ1) is 10.2. The first-order valence-corrected chi connectivity index (χ1v) is 7.29. The largest absolute Gasteiger partial charge is 0.380 e. The SMILES string of the molecule is Fc1ccc(Br)c(NCc2cnn(-c3ccccc3)c2)c1. The van der Waals surface area contributed by atoms with E-state index in [4.69, 9.17) is 0 Å². The smallest absolute Gasteiger partial charge is 0.125 e. The lowest BCUT2D eigenvalue weighted by Gasteiger charge is -2.07. The Morgan fingerprint density at radius 1 is 1.14 bits per heavy atom. The molecule has 3 rings (SSSR count). The standard InChI is InChI=1S/C16H13BrFN3/c17-15-7-6-13(18)8-16(15)19-9-12-10-20-21(11-12)14-4-2-1-3-5-14/h1-8,10-11,19H,9H2. The van der Waals surface area contributed by atoms with E-state index < -0.39 is 0 Å². The monoisotopic (exact) mass is 345 g/mol. The number of rotatable bonds is 4. The normalized spacial score (nSPS) is 10.6. The molecular weight excluding hydrogens is 333 g/mol. The number of benzene rings is 2. The van der Waals surface area contributed by atoms with Crippen molar-refractivity contribution < 1.29 is 4.39 Å². The fraction of sp³-hybridized carbons (Fsp3) is 0.0625. The van der Waals surface area contributed by atoms with E-state index >= 15 is 0 Å². The molecule has 3 nitrogen and oxygen atoms in total. The number of halogens is 2. The maximum absolute atomic E-state index is 13.2. The zero-order valence-electron chi connectivity index (χ0n) is 11.1. The number of hydrogen-bond donors (Lipinski definition) is 1. The van der Waals surface area contributed by atoms with Crippen molar-refractivity contribution in [2.75, 3.05) is 5.32 Å². The zero-order valence-corrected chi connectivity index (χ0v) is 12.7. The van der Waals surface area contributed by atoms with Crippen molar-refractivity contribution in [1.29, 1.82) is 0 Å². The Hall–Kier alpha value is -2.14. The summed E-state index contributed by atoms with van der Waals surface area (Å²) >= 11 is 3.40. The molecule has 1 aromatic heterocycles. The van der Waals surface area contributed by atoms with Crippen LogP contribution >= 0.6 is 15.9 Å². The van der Waals surface area contributed by atoms with Crippen LogP contribution in [0.5, 0.6) is 0 Å². The van der Waals surface area contributed by atoms with Crippen LogP contribution in [0.1, 0.15) is 5.56 Å². The fourth-order valence-electron chi connectivity index (χ4n) is 2.00. The van der Waals surface area contributed by atoms with E-state index in [1.54, 1.807) is 12.3 Å². The molecule has 21 heavy (non-hydrogen) atoms. The van der Waals surface area contributed by atoms with Crippen LogP contribution in [0.3, 0.4) is 0 Å². The first-order valence-electron chi connectivity index (χ1n) is 6.50. The molecule has 3 aromatic rings. The predicted octanol–water partition coefficient (Wildman–Crippen LogP) is 4.39. The van der Waals surface area contributed by atoms with Gasteiger partial charge in [0.15, 0.2) is 0 Å². The molecule has 106 valence electrons. The summed E-state index contributed by atoms with van der Waals surface area (Å²) < 4.78 is 15.9. The summed E-state index contributed by atoms with van der Waals surface area (Å²) in [4.78, 5) is 0. The highest BCUT2D eigenvalue weighted by atomic mass is 79.9. The summed E-state index contributed by atoms with van der Waals surface area (Å²) in [5.74, 6) is -0.263. The van der Waals surface area contributed by atoms with Crippen molar-refractivity contribution >= 4 is 21.6 Å². The van der Waals surface area contributed by atoms with Crippen LogP contribution in [0.15, 0.2) is 65.4 Å². The summed E-state index contributed by atoms with van der Waals surface area (Å²) in [6.45, 7) is 0.578. The molecule has 0 unspecified atom stereocenters. The molecule has 0 saturated heterocycles. The third kappa shape index (κ3) is 3.31. The van der Waals surface area contributed by atoms with Crippen molar-refractivity contribution in [2.45, 2.75) is 6.54 Å². The highest BCUT2D eigenvalue weighted by Crippen LogP contribution is 2.23. The van der Waals surface area contributed by atoms with Crippen LogP contribution in [0, 0.1) is 5.82 Å². The van der Waals surface area contributed by atoms with Crippen molar-refractivity contribution in [3.05, 3.63) is 76.8 Å². The lowest BCUT2D eigenvalue weighted by atomic mass is 10.3. The van der Waals surface area contributed by atoms with E-state index in [1.807, 2.05) is 41.2 Å². The van der Waals surface area contributed by atoms with Crippen LogP contribution < -0.4 is 5.32 Å². The fourth-order valence-corrected chi connectivity index (χ4v) is 2.39. The summed E-state index contributed by atoms with van der Waals surface area (Å²) in [6, 6.07) is 14.5. The Balaban J connectivity index is 1.72. The van der Waals surface area contributed by atoms with Gasteiger partial charge in [0.2, 0.25) is 0 Å². The second-order valence-electron chi connectivity index (χ2n) is 4.61. The number of anilines is 1. The number of nitrogens with zero attached hydrogens (tertiary/aromatic N) is 2. The van der Waals surface area contributed by atoms with E-state index in [0.717, 1.165) is 21.4 Å². The van der Waals surface area contributed by atoms with Crippen molar-refractivity contribution in [3.63, 3.8) is 0 Å². The second kappa shape index (κ2) is 6.10. The third-order valence-electron chi connectivity index (χ3n) is 3.07. The number of para-hydroxylation sites is 1. The molecule has 0 aliphatic carbocycles. The van der Waals surface area contributed by atoms with Crippen molar-refractivity contribution in [3.8, 4) is 5.69 Å². The van der Waals surface area contributed by atoms with Gasteiger partial charge in [0.25, 0.3) is 0 Å². The quantitative estimate of drug-likeness (QED) is 0.760. The summed E-state index contributed by atoms with van der Waals surface area (Å²) in [5.41, 5.74) is 2.76. The lowest BCUT2D eigenvalue weighted by molar-refractivity contribution is 0.628. The Bertz CT molecular complexity index is 740. The molecule has 1 N–H and O–H groups in total. The molecule has 0 spiro atoms.